The van der Waals surface area contributed by atoms with Crippen LogP contribution in [0.3, 0.4) is 0 Å². The van der Waals surface area contributed by atoms with Crippen LogP contribution < -0.4 is 0 Å². The van der Waals surface area contributed by atoms with E-state index >= 15 is 0 Å². The Labute approximate surface area is 342 Å². The van der Waals surface area contributed by atoms with Gasteiger partial charge in [-0.1, -0.05) is 110 Å². The molecule has 8 rings (SSSR count). The number of nitrogens with zero attached hydrogens (tertiary/aromatic N) is 1. The Morgan fingerprint density at radius 3 is 1.88 bits per heavy atom. The maximum Gasteiger partial charge on any atom is 0.303 e. The van der Waals surface area contributed by atoms with Crippen LogP contribution >= 0.6 is 11.8 Å². The van der Waals surface area contributed by atoms with Gasteiger partial charge in [0.25, 0.3) is 11.8 Å². The van der Waals surface area contributed by atoms with E-state index in [1.165, 1.54) is 23.6 Å². The van der Waals surface area contributed by atoms with E-state index in [1.54, 1.807) is 24.3 Å². The lowest BCUT2D eigenvalue weighted by atomic mass is 9.94. The summed E-state index contributed by atoms with van der Waals surface area (Å²) in [5, 5.41) is 0. The number of esters is 1. The number of hydrogen-bond acceptors (Lipinski definition) is 12. The fourth-order valence-corrected chi connectivity index (χ4v) is 9.08. The number of imide groups is 1. The molecule has 3 fully saturated rings. The van der Waals surface area contributed by atoms with Crippen molar-refractivity contribution in [1.29, 1.82) is 0 Å². The highest BCUT2D eigenvalue weighted by atomic mass is 32.2. The van der Waals surface area contributed by atoms with E-state index < -0.39 is 84.6 Å². The number of amides is 2. The van der Waals surface area contributed by atoms with Gasteiger partial charge in [-0.15, -0.1) is 11.8 Å². The minimum absolute atomic E-state index is 0.146. The molecule has 4 aliphatic rings. The van der Waals surface area contributed by atoms with Gasteiger partial charge < -0.3 is 37.9 Å². The smallest absolute Gasteiger partial charge is 0.303 e. The van der Waals surface area contributed by atoms with Crippen LogP contribution in [0.2, 0.25) is 0 Å². The zero-order chi connectivity index (χ0) is 40.2. The lowest BCUT2D eigenvalue weighted by molar-refractivity contribution is -0.361. The summed E-state index contributed by atoms with van der Waals surface area (Å²) in [6.45, 7) is 5.72. The molecule has 58 heavy (non-hydrogen) atoms. The van der Waals surface area contributed by atoms with Gasteiger partial charge in [0, 0.05) is 12.5 Å². The molecule has 304 valence electrons. The lowest BCUT2D eigenvalue weighted by Gasteiger charge is -2.53. The molecule has 0 N–H and O–H groups in total. The highest BCUT2D eigenvalue weighted by Crippen LogP contribution is 2.43. The maximum absolute atomic E-state index is 14.3. The van der Waals surface area contributed by atoms with Gasteiger partial charge in [-0.25, -0.2) is 0 Å². The van der Waals surface area contributed by atoms with Gasteiger partial charge in [-0.2, -0.15) is 0 Å². The van der Waals surface area contributed by atoms with Crippen LogP contribution in [0.1, 0.15) is 64.5 Å². The molecular weight excluding hydrogens is 763 g/mol. The summed E-state index contributed by atoms with van der Waals surface area (Å²) in [6.07, 6.45) is -7.99. The maximum atomic E-state index is 14.3. The van der Waals surface area contributed by atoms with Crippen LogP contribution in [0.4, 0.5) is 0 Å². The molecule has 3 saturated heterocycles. The van der Waals surface area contributed by atoms with Crippen LogP contribution in [0.5, 0.6) is 0 Å². The summed E-state index contributed by atoms with van der Waals surface area (Å²) in [4.78, 5) is 42.8. The van der Waals surface area contributed by atoms with Crippen molar-refractivity contribution < 1.29 is 52.3 Å². The minimum atomic E-state index is -1.26. The normalized spacial score (nSPS) is 30.7. The first-order chi connectivity index (χ1) is 28.3. The predicted molar refractivity (Wildman–Crippen MR) is 212 cm³/mol. The molecular formula is C45H47NO11S. The number of ether oxygens (including phenoxy) is 8. The fraction of sp³-hybridized carbons (Fsp3) is 0.400. The Morgan fingerprint density at radius 1 is 0.724 bits per heavy atom. The van der Waals surface area contributed by atoms with Gasteiger partial charge in [0.1, 0.15) is 42.0 Å². The number of hydrogen-bond donors (Lipinski definition) is 0. The summed E-state index contributed by atoms with van der Waals surface area (Å²) < 4.78 is 52.7. The first kappa shape index (κ1) is 40.3. The van der Waals surface area contributed by atoms with Crippen LogP contribution in [0.15, 0.2) is 115 Å². The van der Waals surface area contributed by atoms with E-state index in [0.29, 0.717) is 5.75 Å². The summed E-state index contributed by atoms with van der Waals surface area (Å²) in [5.74, 6) is -0.921. The molecule has 0 bridgehead atoms. The van der Waals surface area contributed by atoms with Crippen LogP contribution in [0, 0.1) is 0 Å². The van der Waals surface area contributed by atoms with Crippen molar-refractivity contribution in [1.82, 2.24) is 4.90 Å². The lowest BCUT2D eigenvalue weighted by Crippen LogP contribution is -2.69. The number of benzene rings is 4. The molecule has 4 aromatic carbocycles. The molecule has 4 aliphatic heterocycles. The zero-order valence-electron chi connectivity index (χ0n) is 32.5. The van der Waals surface area contributed by atoms with Gasteiger partial charge in [0.15, 0.2) is 18.7 Å². The summed E-state index contributed by atoms with van der Waals surface area (Å²) in [5.41, 5.74) is 2.46. The molecule has 0 aromatic heterocycles. The van der Waals surface area contributed by atoms with E-state index in [4.69, 9.17) is 37.9 Å². The van der Waals surface area contributed by atoms with E-state index in [2.05, 4.69) is 0 Å². The van der Waals surface area contributed by atoms with Crippen molar-refractivity contribution in [2.24, 2.45) is 0 Å². The minimum Gasteiger partial charge on any atom is -0.454 e. The number of carbonyl (C=O) groups is 3. The molecule has 0 spiro atoms. The summed E-state index contributed by atoms with van der Waals surface area (Å²) >= 11 is 1.44. The van der Waals surface area contributed by atoms with Crippen molar-refractivity contribution >= 4 is 29.5 Å². The first-order valence-electron chi connectivity index (χ1n) is 19.7. The molecule has 4 heterocycles. The van der Waals surface area contributed by atoms with Crippen molar-refractivity contribution in [3.8, 4) is 0 Å². The molecule has 12 nitrogen and oxygen atoms in total. The number of rotatable bonds is 13. The van der Waals surface area contributed by atoms with Crippen molar-refractivity contribution in [2.75, 3.05) is 12.4 Å². The molecule has 2 amide bonds. The zero-order valence-corrected chi connectivity index (χ0v) is 33.3. The number of thioether (sulfide) groups is 1. The second-order valence-corrected chi connectivity index (χ2v) is 16.0. The SMILES string of the molecule is CCS[C@@H]1O[C@@H]2COC(c3ccccc3)O[C@H]2[C@H](O[C@@H]2O[C@@H](C)[C@H](OCc3ccccc3)[C@@H](OCc3ccccc3)[C@H]2OC(C)=O)[C@H]1N1C(=O)c2ccccc2C1=O. The Hall–Kier alpha value is -4.44. The van der Waals surface area contributed by atoms with Gasteiger partial charge in [0.05, 0.1) is 37.1 Å². The molecule has 11 atom stereocenters. The monoisotopic (exact) mass is 809 g/mol. The van der Waals surface area contributed by atoms with E-state index in [-0.39, 0.29) is 30.9 Å². The van der Waals surface area contributed by atoms with Crippen molar-refractivity contribution in [3.63, 3.8) is 0 Å². The fourth-order valence-electron chi connectivity index (χ4n) is 8.05. The third-order valence-electron chi connectivity index (χ3n) is 10.7. The molecule has 0 aliphatic carbocycles. The van der Waals surface area contributed by atoms with Crippen LogP contribution in [0.25, 0.3) is 0 Å². The highest BCUT2D eigenvalue weighted by molar-refractivity contribution is 7.99. The first-order valence-corrected chi connectivity index (χ1v) is 20.7. The van der Waals surface area contributed by atoms with Gasteiger partial charge in [-0.05, 0) is 35.9 Å². The Morgan fingerprint density at radius 2 is 1.29 bits per heavy atom. The summed E-state index contributed by atoms with van der Waals surface area (Å²) in [6, 6.07) is 34.6. The number of fused-ring (bicyclic) bond motifs is 2. The quantitative estimate of drug-likeness (QED) is 0.108. The van der Waals surface area contributed by atoms with Gasteiger partial charge in [0.2, 0.25) is 0 Å². The topological polar surface area (TPSA) is 128 Å². The van der Waals surface area contributed by atoms with Crippen LogP contribution in [-0.4, -0.2) is 95.5 Å². The van der Waals surface area contributed by atoms with Crippen molar-refractivity contribution in [2.45, 2.75) is 101 Å². The molecule has 0 radical (unpaired) electrons. The molecule has 4 aromatic rings. The predicted octanol–water partition coefficient (Wildman–Crippen LogP) is 6.48. The average Bonchev–Trinajstić information content (AvgIpc) is 3.49. The number of carbonyl (C=O) groups excluding carboxylic acids is 3. The Kier molecular flexibility index (Phi) is 12.7. The Balaban J connectivity index is 1.18. The van der Waals surface area contributed by atoms with Gasteiger partial charge in [-0.3, -0.25) is 19.3 Å². The Bertz CT molecular complexity index is 1990. The highest BCUT2D eigenvalue weighted by Gasteiger charge is 2.59. The third kappa shape index (κ3) is 8.50. The van der Waals surface area contributed by atoms with E-state index in [1.807, 2.05) is 105 Å². The van der Waals surface area contributed by atoms with Crippen LogP contribution in [-0.2, 0) is 55.9 Å². The molecule has 0 saturated carbocycles. The van der Waals surface area contributed by atoms with E-state index in [0.717, 1.165) is 16.7 Å². The average molecular weight is 810 g/mol. The van der Waals surface area contributed by atoms with Crippen molar-refractivity contribution in [3.05, 3.63) is 143 Å². The second kappa shape index (κ2) is 18.2. The summed E-state index contributed by atoms with van der Waals surface area (Å²) in [7, 11) is 0. The van der Waals surface area contributed by atoms with Gasteiger partial charge >= 0.3 is 5.97 Å². The second-order valence-electron chi connectivity index (χ2n) is 14.6. The molecule has 13 heteroatoms. The standard InChI is InChI=1S/C45H47NO11S/c1-4-58-45-35(46-41(48)32-22-14-15-23-33(32)42(46)49)38(37-34(55-45)26-52-43(56-37)31-20-12-7-13-21-31)57-44-40(54-28(3)47)39(51-25-30-18-10-6-11-19-30)36(27(2)53-44)50-24-29-16-8-5-9-17-29/h5-23,27,34-40,43-45H,4,24-26H2,1-3H3/t27-,34+,35+,36-,37+,38+,39+,40+,43?,44-,45-/m0/s1. The molecule has 1 unspecified atom stereocenters. The third-order valence-corrected chi connectivity index (χ3v) is 11.8. The largest absolute Gasteiger partial charge is 0.454 e. The van der Waals surface area contributed by atoms with E-state index in [9.17, 15) is 14.4 Å².